The molecule has 3 amide bonds. The number of benzene rings is 2. The van der Waals surface area contributed by atoms with Gasteiger partial charge in [0.05, 0.1) is 12.6 Å². The molecule has 0 radical (unpaired) electrons. The van der Waals surface area contributed by atoms with Crippen LogP contribution >= 0.6 is 22.9 Å². The third kappa shape index (κ3) is 5.26. The van der Waals surface area contributed by atoms with Crippen LogP contribution in [0.1, 0.15) is 29.0 Å². The number of carbonyl (C=O) groups excluding carboxylic acids is 2. The van der Waals surface area contributed by atoms with Crippen molar-refractivity contribution in [1.82, 2.24) is 14.7 Å². The minimum Gasteiger partial charge on any atom is -0.338 e. The topological polar surface area (TPSA) is 55.9 Å². The second kappa shape index (κ2) is 10.6. The Morgan fingerprint density at radius 2 is 1.94 bits per heavy atom. The Bertz CT molecular complexity index is 1270. The zero-order valence-electron chi connectivity index (χ0n) is 20.0. The summed E-state index contributed by atoms with van der Waals surface area (Å²) in [6, 6.07) is 15.3. The molecule has 1 fully saturated rings. The van der Waals surface area contributed by atoms with Crippen molar-refractivity contribution >= 4 is 40.6 Å². The Kier molecular flexibility index (Phi) is 7.27. The van der Waals surface area contributed by atoms with Crippen molar-refractivity contribution in [3.05, 3.63) is 86.8 Å². The first-order valence-corrected chi connectivity index (χ1v) is 13.3. The van der Waals surface area contributed by atoms with Gasteiger partial charge in [0.25, 0.3) is 0 Å². The molecular formula is C27H28ClFN4O2S. The van der Waals surface area contributed by atoms with Crippen LogP contribution in [0, 0.1) is 5.82 Å². The van der Waals surface area contributed by atoms with Crippen molar-refractivity contribution in [1.29, 1.82) is 0 Å². The molecule has 188 valence electrons. The zero-order chi connectivity index (χ0) is 25.2. The molecule has 2 aliphatic heterocycles. The van der Waals surface area contributed by atoms with Gasteiger partial charge in [-0.3, -0.25) is 9.69 Å². The Morgan fingerprint density at radius 1 is 1.11 bits per heavy atom. The minimum absolute atomic E-state index is 0.0248. The van der Waals surface area contributed by atoms with Crippen LogP contribution in [-0.4, -0.2) is 65.4 Å². The summed E-state index contributed by atoms with van der Waals surface area (Å²) in [5.41, 5.74) is 2.65. The number of carbonyl (C=O) groups is 2. The molecule has 0 saturated carbocycles. The molecule has 1 N–H and O–H groups in total. The standard InChI is InChI=1S/C27H28ClFN4O2S/c1-18-16-31(11-12-33(18)27(35)30-22-7-3-5-20(28)15-22)25(34)17-32-10-8-24-23(9-13-36-24)26(32)19-4-2-6-21(29)14-19/h2-7,9,13-15,18,26H,8,10-12,16-17H2,1H3,(H,30,35)/t18-,26+/m1/s1. The van der Waals surface area contributed by atoms with Crippen molar-refractivity contribution in [2.75, 3.05) is 38.0 Å². The van der Waals surface area contributed by atoms with Crippen LogP contribution in [0.2, 0.25) is 5.02 Å². The maximum atomic E-state index is 14.1. The Hall–Kier alpha value is -2.94. The van der Waals surface area contributed by atoms with Crippen LogP contribution in [0.25, 0.3) is 0 Å². The molecule has 3 aromatic rings. The summed E-state index contributed by atoms with van der Waals surface area (Å²) in [4.78, 5) is 33.2. The number of amides is 3. The number of piperazine rings is 1. The number of nitrogens with zero attached hydrogens (tertiary/aromatic N) is 3. The van der Waals surface area contributed by atoms with Crippen molar-refractivity contribution < 1.29 is 14.0 Å². The fraction of sp³-hybridized carbons (Fsp3) is 0.333. The summed E-state index contributed by atoms with van der Waals surface area (Å²) < 4.78 is 14.1. The van der Waals surface area contributed by atoms with E-state index in [0.717, 1.165) is 24.1 Å². The van der Waals surface area contributed by atoms with Crippen LogP contribution in [0.15, 0.2) is 60.0 Å². The monoisotopic (exact) mass is 526 g/mol. The highest BCUT2D eigenvalue weighted by molar-refractivity contribution is 7.10. The van der Waals surface area contributed by atoms with Gasteiger partial charge < -0.3 is 15.1 Å². The van der Waals surface area contributed by atoms with E-state index in [0.29, 0.717) is 30.3 Å². The maximum Gasteiger partial charge on any atom is 0.322 e. The second-order valence-corrected chi connectivity index (χ2v) is 10.7. The molecule has 0 bridgehead atoms. The molecule has 0 aliphatic carbocycles. The minimum atomic E-state index is -0.276. The quantitative estimate of drug-likeness (QED) is 0.505. The third-order valence-electron chi connectivity index (χ3n) is 6.89. The summed E-state index contributed by atoms with van der Waals surface area (Å²) in [6.45, 7) is 4.31. The molecular weight excluding hydrogens is 499 g/mol. The van der Waals surface area contributed by atoms with E-state index in [1.807, 2.05) is 17.9 Å². The van der Waals surface area contributed by atoms with E-state index in [1.54, 1.807) is 52.6 Å². The van der Waals surface area contributed by atoms with Gasteiger partial charge in [-0.25, -0.2) is 9.18 Å². The van der Waals surface area contributed by atoms with Crippen molar-refractivity contribution in [3.8, 4) is 0 Å². The molecule has 0 unspecified atom stereocenters. The van der Waals surface area contributed by atoms with Gasteiger partial charge in [0.2, 0.25) is 5.91 Å². The molecule has 1 saturated heterocycles. The number of urea groups is 1. The molecule has 1 aromatic heterocycles. The normalized spacial score (nSPS) is 20.2. The Balaban J connectivity index is 1.24. The highest BCUT2D eigenvalue weighted by Gasteiger charge is 2.34. The van der Waals surface area contributed by atoms with Gasteiger partial charge in [0.15, 0.2) is 0 Å². The first-order chi connectivity index (χ1) is 17.4. The summed E-state index contributed by atoms with van der Waals surface area (Å²) in [6.07, 6.45) is 0.875. The molecule has 9 heteroatoms. The summed E-state index contributed by atoms with van der Waals surface area (Å²) in [7, 11) is 0. The van der Waals surface area contributed by atoms with Gasteiger partial charge in [-0.05, 0) is 66.2 Å². The number of hydrogen-bond donors (Lipinski definition) is 1. The smallest absolute Gasteiger partial charge is 0.322 e. The number of anilines is 1. The average Bonchev–Trinajstić information content (AvgIpc) is 3.32. The van der Waals surface area contributed by atoms with E-state index in [2.05, 4.69) is 21.7 Å². The van der Waals surface area contributed by atoms with E-state index in [9.17, 15) is 14.0 Å². The summed E-state index contributed by atoms with van der Waals surface area (Å²) in [5.74, 6) is -0.251. The number of rotatable bonds is 4. The molecule has 5 rings (SSSR count). The SMILES string of the molecule is C[C@@H]1CN(C(=O)CN2CCc3sccc3[C@@H]2c2cccc(F)c2)CCN1C(=O)Nc1cccc(Cl)c1. The van der Waals surface area contributed by atoms with Gasteiger partial charge in [-0.2, -0.15) is 0 Å². The predicted octanol–water partition coefficient (Wildman–Crippen LogP) is 5.25. The lowest BCUT2D eigenvalue weighted by Crippen LogP contribution is -2.58. The largest absolute Gasteiger partial charge is 0.338 e. The molecule has 6 nitrogen and oxygen atoms in total. The summed E-state index contributed by atoms with van der Waals surface area (Å²) >= 11 is 7.74. The predicted molar refractivity (Wildman–Crippen MR) is 141 cm³/mol. The van der Waals surface area contributed by atoms with Gasteiger partial charge in [0.1, 0.15) is 5.82 Å². The molecule has 0 spiro atoms. The lowest BCUT2D eigenvalue weighted by Gasteiger charge is -2.41. The maximum absolute atomic E-state index is 14.1. The molecule has 2 aromatic carbocycles. The first-order valence-electron chi connectivity index (χ1n) is 12.1. The number of hydrogen-bond acceptors (Lipinski definition) is 4. The van der Waals surface area contributed by atoms with Crippen LogP contribution in [0.3, 0.4) is 0 Å². The Morgan fingerprint density at radius 3 is 2.72 bits per heavy atom. The lowest BCUT2D eigenvalue weighted by molar-refractivity contribution is -0.135. The van der Waals surface area contributed by atoms with Crippen LogP contribution < -0.4 is 5.32 Å². The van der Waals surface area contributed by atoms with Gasteiger partial charge in [0, 0.05) is 47.8 Å². The van der Waals surface area contributed by atoms with Crippen LogP contribution in [-0.2, 0) is 11.2 Å². The number of halogens is 2. The molecule has 2 aliphatic rings. The van der Waals surface area contributed by atoms with Crippen LogP contribution in [0.4, 0.5) is 14.9 Å². The van der Waals surface area contributed by atoms with Crippen molar-refractivity contribution in [2.24, 2.45) is 0 Å². The van der Waals surface area contributed by atoms with Gasteiger partial charge >= 0.3 is 6.03 Å². The first kappa shape index (κ1) is 24.7. The summed E-state index contributed by atoms with van der Waals surface area (Å²) in [5, 5.41) is 5.51. The van der Waals surface area contributed by atoms with E-state index in [1.165, 1.54) is 10.9 Å². The van der Waals surface area contributed by atoms with Crippen molar-refractivity contribution in [3.63, 3.8) is 0 Å². The fourth-order valence-electron chi connectivity index (χ4n) is 5.13. The van der Waals surface area contributed by atoms with E-state index >= 15 is 0 Å². The average molecular weight is 527 g/mol. The molecule has 2 atom stereocenters. The highest BCUT2D eigenvalue weighted by atomic mass is 35.5. The molecule has 36 heavy (non-hydrogen) atoms. The molecule has 3 heterocycles. The highest BCUT2D eigenvalue weighted by Crippen LogP contribution is 2.37. The van der Waals surface area contributed by atoms with Gasteiger partial charge in [-0.15, -0.1) is 11.3 Å². The van der Waals surface area contributed by atoms with E-state index in [4.69, 9.17) is 11.6 Å². The van der Waals surface area contributed by atoms with E-state index < -0.39 is 0 Å². The number of nitrogens with one attached hydrogen (secondary N) is 1. The Labute approximate surface area is 219 Å². The number of thiophene rings is 1. The van der Waals surface area contributed by atoms with Gasteiger partial charge in [-0.1, -0.05) is 29.8 Å². The lowest BCUT2D eigenvalue weighted by atomic mass is 9.93. The third-order valence-corrected chi connectivity index (χ3v) is 8.12. The van der Waals surface area contributed by atoms with Crippen molar-refractivity contribution in [2.45, 2.75) is 25.4 Å². The zero-order valence-corrected chi connectivity index (χ0v) is 21.6. The second-order valence-electron chi connectivity index (χ2n) is 9.30. The fourth-order valence-corrected chi connectivity index (χ4v) is 6.22. The van der Waals surface area contributed by atoms with E-state index in [-0.39, 0.29) is 36.4 Å². The number of fused-ring (bicyclic) bond motifs is 1. The van der Waals surface area contributed by atoms with Crippen LogP contribution in [0.5, 0.6) is 0 Å².